The molecule has 0 atom stereocenters. The Bertz CT molecular complexity index is 1280. The van der Waals surface area contributed by atoms with Gasteiger partial charge in [0.2, 0.25) is 0 Å². The van der Waals surface area contributed by atoms with Crippen molar-refractivity contribution in [1.29, 1.82) is 0 Å². The molecule has 33 heavy (non-hydrogen) atoms. The Balaban J connectivity index is 0.00000306. The molecule has 0 N–H and O–H groups in total. The van der Waals surface area contributed by atoms with Gasteiger partial charge in [-0.1, -0.05) is 62.2 Å². The zero-order valence-electron chi connectivity index (χ0n) is 19.1. The van der Waals surface area contributed by atoms with E-state index in [2.05, 4.69) is 47.9 Å². The van der Waals surface area contributed by atoms with E-state index < -0.39 is 17.3 Å². The van der Waals surface area contributed by atoms with Gasteiger partial charge in [0.15, 0.2) is 0 Å². The summed E-state index contributed by atoms with van der Waals surface area (Å²) in [6.07, 6.45) is 1.89. The fourth-order valence-corrected chi connectivity index (χ4v) is 3.44. The summed E-state index contributed by atoms with van der Waals surface area (Å²) in [7, 11) is 0. The van der Waals surface area contributed by atoms with Crippen LogP contribution in [0.2, 0.25) is 0 Å². The van der Waals surface area contributed by atoms with Gasteiger partial charge >= 0.3 is 21.1 Å². The first-order valence-corrected chi connectivity index (χ1v) is 10.4. The van der Waals surface area contributed by atoms with Crippen LogP contribution >= 0.6 is 0 Å². The van der Waals surface area contributed by atoms with Gasteiger partial charge in [-0.25, -0.2) is 8.78 Å². The van der Waals surface area contributed by atoms with Crippen LogP contribution in [0, 0.1) is 18.0 Å². The van der Waals surface area contributed by atoms with E-state index in [0.717, 1.165) is 28.7 Å². The first-order valence-electron chi connectivity index (χ1n) is 10.4. The third kappa shape index (κ3) is 5.11. The maximum Gasteiger partial charge on any atom is 2.00 e. The predicted octanol–water partition coefficient (Wildman–Crippen LogP) is 5.86. The van der Waals surface area contributed by atoms with E-state index in [9.17, 15) is 8.78 Å². The van der Waals surface area contributed by atoms with Crippen LogP contribution in [-0.2, 0) is 31.9 Å². The third-order valence-corrected chi connectivity index (χ3v) is 5.55. The second-order valence-electron chi connectivity index (χ2n) is 9.32. The molecule has 0 saturated heterocycles. The molecule has 0 unspecified atom stereocenters. The SMILES string of the molecule is CC(C)(C)c1c[n-]c(-c2cccc(C(C)(C)c3cccc(-c4[c-]cc(F)nc4F)n3)n2)c1.[Pt+2]. The van der Waals surface area contributed by atoms with Crippen LogP contribution < -0.4 is 4.98 Å². The van der Waals surface area contributed by atoms with Crippen molar-refractivity contribution in [3.05, 3.63) is 89.6 Å². The van der Waals surface area contributed by atoms with Gasteiger partial charge in [-0.2, -0.15) is 6.20 Å². The molecular weight excluding hydrogens is 601 g/mol. The molecule has 4 nitrogen and oxygen atoms in total. The van der Waals surface area contributed by atoms with Gasteiger partial charge < -0.3 is 9.97 Å². The quantitative estimate of drug-likeness (QED) is 0.211. The fourth-order valence-electron chi connectivity index (χ4n) is 3.44. The maximum absolute atomic E-state index is 14.2. The Hall–Kier alpha value is -2.72. The monoisotopic (exact) mass is 625 g/mol. The number of aromatic nitrogens is 4. The summed E-state index contributed by atoms with van der Waals surface area (Å²) in [4.78, 5) is 17.3. The normalized spacial score (nSPS) is 11.8. The molecule has 0 aliphatic rings. The molecule has 0 spiro atoms. The molecule has 4 heterocycles. The van der Waals surface area contributed by atoms with E-state index >= 15 is 0 Å². The topological polar surface area (TPSA) is 52.8 Å². The van der Waals surface area contributed by atoms with E-state index in [0.29, 0.717) is 11.4 Å². The number of halogens is 2. The molecule has 0 saturated carbocycles. The minimum absolute atomic E-state index is 0. The summed E-state index contributed by atoms with van der Waals surface area (Å²) in [6.45, 7) is 10.5. The van der Waals surface area contributed by atoms with Crippen LogP contribution in [-0.4, -0.2) is 15.0 Å². The van der Waals surface area contributed by atoms with Gasteiger partial charge in [0.25, 0.3) is 0 Å². The smallest absolute Gasteiger partial charge is 0.662 e. The molecule has 4 rings (SSSR count). The predicted molar refractivity (Wildman–Crippen MR) is 120 cm³/mol. The van der Waals surface area contributed by atoms with Gasteiger partial charge in [0, 0.05) is 16.8 Å². The summed E-state index contributed by atoms with van der Waals surface area (Å²) < 4.78 is 27.4. The average molecular weight is 626 g/mol. The van der Waals surface area contributed by atoms with Gasteiger partial charge in [-0.05, 0) is 43.2 Å². The number of hydrogen-bond donors (Lipinski definition) is 0. The van der Waals surface area contributed by atoms with Crippen molar-refractivity contribution >= 4 is 0 Å². The van der Waals surface area contributed by atoms with Crippen LogP contribution in [0.5, 0.6) is 0 Å². The maximum atomic E-state index is 14.2. The average Bonchev–Trinajstić information content (AvgIpc) is 3.25. The zero-order chi connectivity index (χ0) is 23.1. The van der Waals surface area contributed by atoms with Crippen LogP contribution in [0.25, 0.3) is 22.6 Å². The summed E-state index contributed by atoms with van der Waals surface area (Å²) in [5.41, 5.74) is 4.06. The van der Waals surface area contributed by atoms with Crippen molar-refractivity contribution in [2.75, 3.05) is 0 Å². The van der Waals surface area contributed by atoms with Crippen LogP contribution in [0.1, 0.15) is 51.6 Å². The Morgan fingerprint density at radius 3 is 2.03 bits per heavy atom. The van der Waals surface area contributed by atoms with Crippen molar-refractivity contribution in [2.24, 2.45) is 0 Å². The Morgan fingerprint density at radius 2 is 1.45 bits per heavy atom. The summed E-state index contributed by atoms with van der Waals surface area (Å²) in [6, 6.07) is 16.8. The third-order valence-electron chi connectivity index (χ3n) is 5.55. The molecule has 172 valence electrons. The second kappa shape index (κ2) is 9.26. The Kier molecular flexibility index (Phi) is 6.99. The van der Waals surface area contributed by atoms with E-state index in [4.69, 9.17) is 4.98 Å². The van der Waals surface area contributed by atoms with Gasteiger partial charge in [0.05, 0.1) is 5.69 Å². The molecule has 0 bridgehead atoms. The molecule has 0 aliphatic carbocycles. The molecule has 7 heteroatoms. The number of pyridine rings is 3. The standard InChI is InChI=1S/C26H24F2N4.Pt/c1-25(2,3)16-14-20(29-15-16)19-9-7-11-22(31-19)26(4,5)21-10-6-8-18(30-21)17-12-13-23(27)32-24(17)28;/h6-11,13-15H,1-5H3;/q-2;+2. The molecule has 4 aromatic rings. The molecule has 0 aromatic carbocycles. The van der Waals surface area contributed by atoms with Crippen molar-refractivity contribution in [3.8, 4) is 22.6 Å². The van der Waals surface area contributed by atoms with Crippen LogP contribution in [0.3, 0.4) is 0 Å². The minimum Gasteiger partial charge on any atom is -0.662 e. The molecular formula is C26H24F2N4Pt. The summed E-state index contributed by atoms with van der Waals surface area (Å²) >= 11 is 0. The fraction of sp³-hybridized carbons (Fsp3) is 0.269. The van der Waals surface area contributed by atoms with Gasteiger partial charge in [-0.15, -0.1) is 11.8 Å². The number of hydrogen-bond acceptors (Lipinski definition) is 3. The van der Waals surface area contributed by atoms with Crippen LogP contribution in [0.15, 0.2) is 54.7 Å². The van der Waals surface area contributed by atoms with Crippen molar-refractivity contribution < 1.29 is 29.8 Å². The Labute approximate surface area is 207 Å². The second-order valence-corrected chi connectivity index (χ2v) is 9.32. The largest absolute Gasteiger partial charge is 2.00 e. The van der Waals surface area contributed by atoms with Crippen molar-refractivity contribution in [2.45, 2.75) is 45.4 Å². The summed E-state index contributed by atoms with van der Waals surface area (Å²) in [5.74, 6) is -1.86. The van der Waals surface area contributed by atoms with E-state index in [1.165, 1.54) is 0 Å². The first kappa shape index (κ1) is 24.9. The van der Waals surface area contributed by atoms with E-state index in [1.54, 1.807) is 12.1 Å². The minimum atomic E-state index is -0.940. The molecule has 0 fully saturated rings. The Morgan fingerprint density at radius 1 is 0.848 bits per heavy atom. The van der Waals surface area contributed by atoms with Crippen LogP contribution in [0.4, 0.5) is 8.78 Å². The molecule has 0 radical (unpaired) electrons. The zero-order valence-corrected chi connectivity index (χ0v) is 21.3. The molecule has 4 aromatic heterocycles. The number of nitrogens with zero attached hydrogens (tertiary/aromatic N) is 4. The molecule has 0 amide bonds. The van der Waals surface area contributed by atoms with Crippen molar-refractivity contribution in [1.82, 2.24) is 19.9 Å². The molecule has 0 aliphatic heterocycles. The number of rotatable bonds is 4. The van der Waals surface area contributed by atoms with E-state index in [1.807, 2.05) is 44.3 Å². The summed E-state index contributed by atoms with van der Waals surface area (Å²) in [5, 5.41) is 0. The van der Waals surface area contributed by atoms with E-state index in [-0.39, 0.29) is 32.0 Å². The van der Waals surface area contributed by atoms with Gasteiger partial charge in [-0.3, -0.25) is 9.97 Å². The first-order chi connectivity index (χ1) is 15.1. The van der Waals surface area contributed by atoms with Gasteiger partial charge in [0.1, 0.15) is 11.9 Å². The van der Waals surface area contributed by atoms with Crippen molar-refractivity contribution in [3.63, 3.8) is 0 Å².